The van der Waals surface area contributed by atoms with Crippen LogP contribution in [-0.2, 0) is 10.0 Å². The van der Waals surface area contributed by atoms with Gasteiger partial charge in [-0.15, -0.1) is 24.0 Å². The van der Waals surface area contributed by atoms with Crippen LogP contribution >= 0.6 is 47.2 Å². The maximum Gasteiger partial charge on any atom is 0.211 e. The summed E-state index contributed by atoms with van der Waals surface area (Å²) in [7, 11) is -3.09. The van der Waals surface area contributed by atoms with Crippen molar-refractivity contribution in [3.63, 3.8) is 0 Å². The van der Waals surface area contributed by atoms with Crippen LogP contribution in [0.25, 0.3) is 0 Å². The fourth-order valence-corrected chi connectivity index (χ4v) is 4.55. The van der Waals surface area contributed by atoms with E-state index in [4.69, 9.17) is 28.2 Å². The van der Waals surface area contributed by atoms with Crippen LogP contribution in [0.1, 0.15) is 38.3 Å². The van der Waals surface area contributed by atoms with Gasteiger partial charge in [-0.2, -0.15) is 0 Å². The predicted octanol–water partition coefficient (Wildman–Crippen LogP) is 3.90. The van der Waals surface area contributed by atoms with Crippen LogP contribution in [0.3, 0.4) is 0 Å². The first-order chi connectivity index (χ1) is 12.7. The highest BCUT2D eigenvalue weighted by molar-refractivity contribution is 14.0. The number of halogens is 3. The zero-order chi connectivity index (χ0) is 20.0. The summed E-state index contributed by atoms with van der Waals surface area (Å²) in [6, 6.07) is 5.43. The number of hydrogen-bond donors (Lipinski definition) is 2. The van der Waals surface area contributed by atoms with Gasteiger partial charge in [0, 0.05) is 36.2 Å². The molecule has 2 N–H and O–H groups in total. The van der Waals surface area contributed by atoms with Crippen molar-refractivity contribution in [1.82, 2.24) is 14.9 Å². The molecule has 1 aromatic carbocycles. The van der Waals surface area contributed by atoms with E-state index in [9.17, 15) is 8.42 Å². The monoisotopic (exact) mass is 562 g/mol. The zero-order valence-electron chi connectivity index (χ0n) is 16.4. The van der Waals surface area contributed by atoms with Gasteiger partial charge < -0.3 is 10.6 Å². The lowest BCUT2D eigenvalue weighted by molar-refractivity contribution is 0.280. The first-order valence-corrected chi connectivity index (χ1v) is 11.8. The van der Waals surface area contributed by atoms with E-state index >= 15 is 0 Å². The third kappa shape index (κ3) is 7.85. The summed E-state index contributed by atoms with van der Waals surface area (Å²) in [5, 5.41) is 7.85. The minimum atomic E-state index is -3.09. The van der Waals surface area contributed by atoms with Gasteiger partial charge in [0.15, 0.2) is 5.96 Å². The van der Waals surface area contributed by atoms with Crippen LogP contribution in [0.2, 0.25) is 10.0 Å². The molecule has 1 atom stereocenters. The molecule has 28 heavy (non-hydrogen) atoms. The van der Waals surface area contributed by atoms with Crippen molar-refractivity contribution in [2.24, 2.45) is 10.9 Å². The molecule has 0 saturated carbocycles. The molecule has 0 radical (unpaired) electrons. The minimum absolute atomic E-state index is 0. The molecule has 0 aliphatic carbocycles. The van der Waals surface area contributed by atoms with Crippen molar-refractivity contribution in [2.45, 2.75) is 32.7 Å². The van der Waals surface area contributed by atoms with E-state index < -0.39 is 10.0 Å². The van der Waals surface area contributed by atoms with Crippen molar-refractivity contribution in [3.8, 4) is 0 Å². The van der Waals surface area contributed by atoms with Crippen molar-refractivity contribution < 1.29 is 8.42 Å². The van der Waals surface area contributed by atoms with Gasteiger partial charge in [-0.3, -0.25) is 4.99 Å². The van der Waals surface area contributed by atoms with Crippen molar-refractivity contribution in [3.05, 3.63) is 33.8 Å². The van der Waals surface area contributed by atoms with Gasteiger partial charge in [-0.1, -0.05) is 29.3 Å². The summed E-state index contributed by atoms with van der Waals surface area (Å²) < 4.78 is 24.8. The number of hydrogen-bond acceptors (Lipinski definition) is 3. The molecule has 0 spiro atoms. The first kappa shape index (κ1) is 25.7. The Morgan fingerprint density at radius 1 is 1.32 bits per heavy atom. The van der Waals surface area contributed by atoms with E-state index in [-0.39, 0.29) is 30.0 Å². The van der Waals surface area contributed by atoms with E-state index in [0.717, 1.165) is 30.9 Å². The second kappa shape index (κ2) is 11.8. The quantitative estimate of drug-likeness (QED) is 0.313. The third-order valence-corrected chi connectivity index (χ3v) is 6.54. The van der Waals surface area contributed by atoms with Crippen LogP contribution in [0.15, 0.2) is 23.2 Å². The highest BCUT2D eigenvalue weighted by Gasteiger charge is 2.24. The van der Waals surface area contributed by atoms with E-state index in [0.29, 0.717) is 35.6 Å². The lowest BCUT2D eigenvalue weighted by Crippen LogP contribution is -2.40. The Bertz CT molecular complexity index is 769. The molecule has 160 valence electrons. The summed E-state index contributed by atoms with van der Waals surface area (Å²) in [5.74, 6) is 1.11. The molecule has 1 aliphatic rings. The fraction of sp³-hybridized carbons (Fsp3) is 0.611. The summed E-state index contributed by atoms with van der Waals surface area (Å²) in [6.07, 6.45) is 2.92. The lowest BCUT2D eigenvalue weighted by Gasteiger charge is -2.29. The van der Waals surface area contributed by atoms with Gasteiger partial charge >= 0.3 is 0 Å². The van der Waals surface area contributed by atoms with Crippen LogP contribution in [0.4, 0.5) is 0 Å². The summed E-state index contributed by atoms with van der Waals surface area (Å²) in [4.78, 5) is 4.69. The SMILES string of the molecule is CCNC(=NCC1CCN(S(C)(=O)=O)CC1)NC(C)c1ccc(Cl)cc1Cl.I. The van der Waals surface area contributed by atoms with E-state index in [1.54, 1.807) is 10.4 Å². The fourth-order valence-electron chi connectivity index (χ4n) is 3.10. The normalized spacial score (nSPS) is 17.7. The van der Waals surface area contributed by atoms with Crippen molar-refractivity contribution in [2.75, 3.05) is 32.4 Å². The molecule has 1 saturated heterocycles. The van der Waals surface area contributed by atoms with E-state index in [1.165, 1.54) is 6.26 Å². The number of nitrogens with one attached hydrogen (secondary N) is 2. The molecule has 1 heterocycles. The second-order valence-corrected chi connectivity index (χ2v) is 9.68. The maximum atomic E-state index is 11.6. The Hall–Kier alpha value is -0.290. The van der Waals surface area contributed by atoms with E-state index in [1.807, 2.05) is 26.0 Å². The minimum Gasteiger partial charge on any atom is -0.357 e. The number of piperidine rings is 1. The molecule has 10 heteroatoms. The average molecular weight is 563 g/mol. The molecule has 0 bridgehead atoms. The Morgan fingerprint density at radius 3 is 2.50 bits per heavy atom. The van der Waals surface area contributed by atoms with Crippen LogP contribution in [0.5, 0.6) is 0 Å². The third-order valence-electron chi connectivity index (χ3n) is 4.68. The first-order valence-electron chi connectivity index (χ1n) is 9.15. The summed E-state index contributed by atoms with van der Waals surface area (Å²) in [6.45, 7) is 6.58. The molecule has 0 amide bonds. The summed E-state index contributed by atoms with van der Waals surface area (Å²) in [5.41, 5.74) is 0.952. The number of guanidine groups is 1. The molecule has 0 aromatic heterocycles. The number of aliphatic imine (C=N–C) groups is 1. The molecule has 6 nitrogen and oxygen atoms in total. The highest BCUT2D eigenvalue weighted by Crippen LogP contribution is 2.26. The molecule has 1 aliphatic heterocycles. The molecular weight excluding hydrogens is 534 g/mol. The zero-order valence-corrected chi connectivity index (χ0v) is 21.1. The number of benzene rings is 1. The van der Waals surface area contributed by atoms with Crippen LogP contribution in [-0.4, -0.2) is 51.1 Å². The molecule has 1 unspecified atom stereocenters. The van der Waals surface area contributed by atoms with Crippen molar-refractivity contribution >= 4 is 63.2 Å². The highest BCUT2D eigenvalue weighted by atomic mass is 127. The Balaban J connectivity index is 0.00000392. The average Bonchev–Trinajstić information content (AvgIpc) is 2.59. The predicted molar refractivity (Wildman–Crippen MR) is 129 cm³/mol. The van der Waals surface area contributed by atoms with Gasteiger partial charge in [-0.25, -0.2) is 12.7 Å². The number of rotatable bonds is 6. The van der Waals surface area contributed by atoms with E-state index in [2.05, 4.69) is 10.6 Å². The van der Waals surface area contributed by atoms with Crippen LogP contribution < -0.4 is 10.6 Å². The Labute approximate surface area is 195 Å². The number of nitrogens with zero attached hydrogens (tertiary/aromatic N) is 2. The lowest BCUT2D eigenvalue weighted by atomic mass is 9.98. The van der Waals surface area contributed by atoms with Crippen LogP contribution in [0, 0.1) is 5.92 Å². The molecule has 1 aromatic rings. The largest absolute Gasteiger partial charge is 0.357 e. The smallest absolute Gasteiger partial charge is 0.211 e. The molecular formula is C18H29Cl2IN4O2S. The van der Waals surface area contributed by atoms with Gasteiger partial charge in [0.25, 0.3) is 0 Å². The van der Waals surface area contributed by atoms with Crippen molar-refractivity contribution in [1.29, 1.82) is 0 Å². The van der Waals surface area contributed by atoms with Gasteiger partial charge in [0.1, 0.15) is 0 Å². The topological polar surface area (TPSA) is 73.8 Å². The number of sulfonamides is 1. The van der Waals surface area contributed by atoms with Gasteiger partial charge in [0.05, 0.1) is 12.3 Å². The van der Waals surface area contributed by atoms with Gasteiger partial charge in [0.2, 0.25) is 10.0 Å². The maximum absolute atomic E-state index is 11.6. The standard InChI is InChI=1S/C18H28Cl2N4O2S.HI/c1-4-21-18(23-13(2)16-6-5-15(19)11-17(16)20)22-12-14-7-9-24(10-8-14)27(3,25)26;/h5-6,11,13-14H,4,7-10,12H2,1-3H3,(H2,21,22,23);1H. The summed E-state index contributed by atoms with van der Waals surface area (Å²) >= 11 is 12.3. The molecule has 2 rings (SSSR count). The second-order valence-electron chi connectivity index (χ2n) is 6.86. The van der Waals surface area contributed by atoms with Gasteiger partial charge in [-0.05, 0) is 50.3 Å². The Kier molecular flexibility index (Phi) is 10.8. The molecule has 1 fully saturated rings. The Morgan fingerprint density at radius 2 is 1.96 bits per heavy atom.